The molecule has 0 heterocycles. The lowest BCUT2D eigenvalue weighted by Gasteiger charge is -2.18. The molecular formula is C7H17NO3. The number of hydrogen-bond donors (Lipinski definition) is 1. The second kappa shape index (κ2) is 4.96. The molecule has 4 heteroatoms. The van der Waals surface area contributed by atoms with Crippen LogP contribution in [-0.2, 0) is 9.57 Å². The van der Waals surface area contributed by atoms with Gasteiger partial charge in [-0.2, -0.15) is 5.48 Å². The predicted octanol–water partition coefficient (Wildman–Crippen LogP) is 1.71. The third-order valence-electron chi connectivity index (χ3n) is 0.584. The maximum absolute atomic E-state index is 10.6. The Morgan fingerprint density at radius 3 is 2.09 bits per heavy atom. The van der Waals surface area contributed by atoms with Crippen LogP contribution in [0.4, 0.5) is 4.79 Å². The molecule has 0 fully saturated rings. The molecule has 0 aromatic carbocycles. The summed E-state index contributed by atoms with van der Waals surface area (Å²) >= 11 is 0. The van der Waals surface area contributed by atoms with Gasteiger partial charge in [-0.15, -0.1) is 0 Å². The Kier molecular flexibility index (Phi) is 5.80. The number of hydroxylamine groups is 1. The maximum atomic E-state index is 10.6. The summed E-state index contributed by atoms with van der Waals surface area (Å²) in [6.45, 7) is 5.34. The van der Waals surface area contributed by atoms with Crippen LogP contribution in [0.25, 0.3) is 0 Å². The average molecular weight is 163 g/mol. The summed E-state index contributed by atoms with van der Waals surface area (Å²) in [7, 11) is 1.35. The van der Waals surface area contributed by atoms with Crippen molar-refractivity contribution in [3.05, 3.63) is 0 Å². The summed E-state index contributed by atoms with van der Waals surface area (Å²) in [5, 5.41) is 0. The second-order valence-corrected chi connectivity index (χ2v) is 2.81. The van der Waals surface area contributed by atoms with Crippen LogP contribution < -0.4 is 5.48 Å². The Morgan fingerprint density at radius 1 is 1.36 bits per heavy atom. The number of hydrogen-bond acceptors (Lipinski definition) is 3. The van der Waals surface area contributed by atoms with Crippen molar-refractivity contribution in [2.45, 2.75) is 33.8 Å². The van der Waals surface area contributed by atoms with Crippen molar-refractivity contribution >= 4 is 6.09 Å². The first kappa shape index (κ1) is 12.9. The van der Waals surface area contributed by atoms with Crippen molar-refractivity contribution in [1.29, 1.82) is 0 Å². The fourth-order valence-electron chi connectivity index (χ4n) is 0.382. The number of carbonyl (C=O) groups is 1. The number of nitrogens with one attached hydrogen (secondary N) is 1. The van der Waals surface area contributed by atoms with E-state index in [1.165, 1.54) is 7.11 Å². The van der Waals surface area contributed by atoms with Crippen LogP contribution in [0.3, 0.4) is 0 Å². The summed E-state index contributed by atoms with van der Waals surface area (Å²) in [5.41, 5.74) is 1.57. The number of rotatable bonds is 1. The predicted molar refractivity (Wildman–Crippen MR) is 43.1 cm³/mol. The van der Waals surface area contributed by atoms with Crippen LogP contribution >= 0.6 is 0 Å². The summed E-state index contributed by atoms with van der Waals surface area (Å²) in [6.07, 6.45) is -0.574. The number of ether oxygens (including phenoxy) is 1. The normalized spacial score (nSPS) is 9.82. The molecule has 4 nitrogen and oxygen atoms in total. The third kappa shape index (κ3) is 9.23. The number of amides is 1. The summed E-state index contributed by atoms with van der Waals surface area (Å²) < 4.78 is 4.80. The summed E-state index contributed by atoms with van der Waals surface area (Å²) in [6, 6.07) is 0. The molecule has 0 aliphatic rings. The van der Waals surface area contributed by atoms with Gasteiger partial charge in [0.1, 0.15) is 5.60 Å². The topological polar surface area (TPSA) is 47.6 Å². The van der Waals surface area contributed by atoms with E-state index in [1.54, 1.807) is 20.8 Å². The lowest BCUT2D eigenvalue weighted by Crippen LogP contribution is -2.31. The van der Waals surface area contributed by atoms with E-state index in [9.17, 15) is 4.79 Å². The molecule has 0 radical (unpaired) electrons. The minimum atomic E-state index is -0.574. The van der Waals surface area contributed by atoms with E-state index in [0.29, 0.717) is 0 Å². The van der Waals surface area contributed by atoms with Gasteiger partial charge in [0.2, 0.25) is 0 Å². The second-order valence-electron chi connectivity index (χ2n) is 2.81. The van der Waals surface area contributed by atoms with Gasteiger partial charge in [-0.25, -0.2) is 4.79 Å². The van der Waals surface area contributed by atoms with E-state index < -0.39 is 11.7 Å². The zero-order valence-corrected chi connectivity index (χ0v) is 6.72. The van der Waals surface area contributed by atoms with E-state index in [1.807, 2.05) is 5.48 Å². The van der Waals surface area contributed by atoms with Crippen LogP contribution in [0.2, 0.25) is 0 Å². The monoisotopic (exact) mass is 163 g/mol. The molecule has 0 saturated heterocycles. The van der Waals surface area contributed by atoms with E-state index in [0.717, 1.165) is 0 Å². The van der Waals surface area contributed by atoms with Gasteiger partial charge in [-0.1, -0.05) is 7.43 Å². The Labute approximate surface area is 67.8 Å². The maximum Gasteiger partial charge on any atom is 0.431 e. The van der Waals surface area contributed by atoms with Crippen LogP contribution in [0.5, 0.6) is 0 Å². The van der Waals surface area contributed by atoms with Crippen LogP contribution in [0.15, 0.2) is 0 Å². The zero-order valence-electron chi connectivity index (χ0n) is 6.72. The zero-order chi connectivity index (χ0) is 8.20. The van der Waals surface area contributed by atoms with Crippen LogP contribution in [0.1, 0.15) is 28.2 Å². The lowest BCUT2D eigenvalue weighted by molar-refractivity contribution is 0.00881. The van der Waals surface area contributed by atoms with Crippen molar-refractivity contribution in [3.63, 3.8) is 0 Å². The molecule has 1 amide bonds. The van der Waals surface area contributed by atoms with Gasteiger partial charge >= 0.3 is 6.09 Å². The van der Waals surface area contributed by atoms with E-state index in [-0.39, 0.29) is 7.43 Å². The minimum absolute atomic E-state index is 0. The highest BCUT2D eigenvalue weighted by atomic mass is 16.7. The van der Waals surface area contributed by atoms with Crippen molar-refractivity contribution in [1.82, 2.24) is 5.48 Å². The first-order chi connectivity index (χ1) is 4.45. The highest BCUT2D eigenvalue weighted by Gasteiger charge is 2.15. The molecular weight excluding hydrogens is 146 g/mol. The van der Waals surface area contributed by atoms with Crippen molar-refractivity contribution in [2.75, 3.05) is 7.11 Å². The first-order valence-electron chi connectivity index (χ1n) is 2.97. The standard InChI is InChI=1S/C6H13NO3.CH4/c1-6(2,3)10-5(8)7-9-4;/h1-4H3,(H,7,8);1H4. The van der Waals surface area contributed by atoms with Gasteiger partial charge in [0, 0.05) is 0 Å². The van der Waals surface area contributed by atoms with E-state index in [2.05, 4.69) is 4.84 Å². The first-order valence-corrected chi connectivity index (χ1v) is 2.97. The fraction of sp³-hybridized carbons (Fsp3) is 0.857. The van der Waals surface area contributed by atoms with Crippen molar-refractivity contribution in [3.8, 4) is 0 Å². The average Bonchev–Trinajstić information content (AvgIpc) is 1.59. The summed E-state index contributed by atoms with van der Waals surface area (Å²) in [5.74, 6) is 0. The van der Waals surface area contributed by atoms with Crippen molar-refractivity contribution in [2.24, 2.45) is 0 Å². The molecule has 68 valence electrons. The smallest absolute Gasteiger partial charge is 0.431 e. The Balaban J connectivity index is 0. The van der Waals surface area contributed by atoms with Gasteiger partial charge in [0.25, 0.3) is 0 Å². The Morgan fingerprint density at radius 2 is 1.82 bits per heavy atom. The van der Waals surface area contributed by atoms with Crippen molar-refractivity contribution < 1.29 is 14.4 Å². The van der Waals surface area contributed by atoms with Gasteiger partial charge < -0.3 is 4.74 Å². The highest BCUT2D eigenvalue weighted by Crippen LogP contribution is 2.05. The molecule has 0 aromatic heterocycles. The van der Waals surface area contributed by atoms with Gasteiger partial charge in [-0.05, 0) is 20.8 Å². The molecule has 0 aromatic rings. The van der Waals surface area contributed by atoms with Gasteiger partial charge in [0.05, 0.1) is 7.11 Å². The summed E-state index contributed by atoms with van der Waals surface area (Å²) in [4.78, 5) is 14.9. The molecule has 0 unspecified atom stereocenters. The molecule has 1 N–H and O–H groups in total. The quantitative estimate of drug-likeness (QED) is 0.598. The lowest BCUT2D eigenvalue weighted by atomic mass is 10.2. The minimum Gasteiger partial charge on any atom is -0.442 e. The highest BCUT2D eigenvalue weighted by molar-refractivity contribution is 5.66. The van der Waals surface area contributed by atoms with E-state index >= 15 is 0 Å². The molecule has 0 rings (SSSR count). The van der Waals surface area contributed by atoms with Gasteiger partial charge in [-0.3, -0.25) is 4.84 Å². The molecule has 0 aliphatic carbocycles. The SMILES string of the molecule is C.CONC(=O)OC(C)(C)C. The fourth-order valence-corrected chi connectivity index (χ4v) is 0.382. The van der Waals surface area contributed by atoms with Crippen LogP contribution in [-0.4, -0.2) is 18.8 Å². The Bertz CT molecular complexity index is 117. The Hall–Kier alpha value is -0.770. The molecule has 11 heavy (non-hydrogen) atoms. The van der Waals surface area contributed by atoms with E-state index in [4.69, 9.17) is 4.74 Å². The third-order valence-corrected chi connectivity index (χ3v) is 0.584. The van der Waals surface area contributed by atoms with Gasteiger partial charge in [0.15, 0.2) is 0 Å². The largest absolute Gasteiger partial charge is 0.442 e. The van der Waals surface area contributed by atoms with Crippen LogP contribution in [0, 0.1) is 0 Å². The molecule has 0 bridgehead atoms. The molecule has 0 aliphatic heterocycles. The number of carbonyl (C=O) groups excluding carboxylic acids is 1. The molecule has 0 atom stereocenters. The molecule has 0 spiro atoms. The molecule has 0 saturated carbocycles.